The van der Waals surface area contributed by atoms with Crippen LogP contribution in [0.25, 0.3) is 10.9 Å². The molecule has 2 aromatic rings. The third kappa shape index (κ3) is 3.09. The molecule has 2 rings (SSSR count). The molecule has 2 nitrogen and oxygen atoms in total. The average Bonchev–Trinajstić information content (AvgIpc) is 2.80. The van der Waals surface area contributed by atoms with Crippen LogP contribution >= 0.6 is 11.8 Å². The number of fused-ring (bicyclic) bond motifs is 1. The first-order valence-corrected chi connectivity index (χ1v) is 7.87. The molecule has 0 amide bonds. The minimum absolute atomic E-state index is 0.718. The van der Waals surface area contributed by atoms with Crippen molar-refractivity contribution in [3.8, 4) is 0 Å². The minimum Gasteiger partial charge on any atom is -0.347 e. The van der Waals surface area contributed by atoms with E-state index in [1.807, 2.05) is 11.8 Å². The Labute approximate surface area is 114 Å². The molecule has 0 unspecified atom stereocenters. The van der Waals surface area contributed by atoms with Crippen molar-refractivity contribution in [1.29, 1.82) is 0 Å². The van der Waals surface area contributed by atoms with Gasteiger partial charge in [0.25, 0.3) is 0 Å². The van der Waals surface area contributed by atoms with Gasteiger partial charge in [-0.25, -0.2) is 0 Å². The van der Waals surface area contributed by atoms with Crippen molar-refractivity contribution in [2.45, 2.75) is 26.3 Å². The lowest BCUT2D eigenvalue weighted by molar-refractivity contribution is 0.706. The summed E-state index contributed by atoms with van der Waals surface area (Å²) in [7, 11) is 0. The van der Waals surface area contributed by atoms with Gasteiger partial charge in [-0.2, -0.15) is 11.8 Å². The van der Waals surface area contributed by atoms with E-state index in [9.17, 15) is 0 Å². The summed E-state index contributed by atoms with van der Waals surface area (Å²) in [5.41, 5.74) is 8.45. The molecule has 0 saturated carbocycles. The molecule has 0 radical (unpaired) electrons. The van der Waals surface area contributed by atoms with Gasteiger partial charge < -0.3 is 10.3 Å². The second-order valence-electron chi connectivity index (χ2n) is 4.45. The van der Waals surface area contributed by atoms with Crippen LogP contribution in [-0.2, 0) is 13.0 Å². The number of benzene rings is 1. The Balaban J connectivity index is 2.16. The van der Waals surface area contributed by atoms with Crippen LogP contribution in [0.4, 0.5) is 0 Å². The fourth-order valence-electron chi connectivity index (χ4n) is 2.37. The van der Waals surface area contributed by atoms with E-state index in [2.05, 4.69) is 42.0 Å². The lowest BCUT2D eigenvalue weighted by Gasteiger charge is -2.09. The normalized spacial score (nSPS) is 11.2. The quantitative estimate of drug-likeness (QED) is 0.776. The molecule has 2 N–H and O–H groups in total. The topological polar surface area (TPSA) is 30.9 Å². The van der Waals surface area contributed by atoms with Crippen LogP contribution in [0.15, 0.2) is 30.5 Å². The molecule has 0 bridgehead atoms. The maximum Gasteiger partial charge on any atom is 0.0513 e. The lowest BCUT2D eigenvalue weighted by atomic mass is 10.1. The van der Waals surface area contributed by atoms with Gasteiger partial charge in [-0.1, -0.05) is 25.1 Å². The maximum absolute atomic E-state index is 5.70. The first-order valence-electron chi connectivity index (χ1n) is 6.71. The molecular weight excluding hydrogens is 240 g/mol. The van der Waals surface area contributed by atoms with Crippen molar-refractivity contribution >= 4 is 22.7 Å². The monoisotopic (exact) mass is 262 g/mol. The summed E-state index contributed by atoms with van der Waals surface area (Å²) in [5, 5.41) is 1.34. The number of hydrogen-bond donors (Lipinski definition) is 1. The van der Waals surface area contributed by atoms with Gasteiger partial charge in [-0.05, 0) is 47.9 Å². The van der Waals surface area contributed by atoms with Gasteiger partial charge >= 0.3 is 0 Å². The smallest absolute Gasteiger partial charge is 0.0513 e. The van der Waals surface area contributed by atoms with E-state index in [4.69, 9.17) is 5.73 Å². The molecule has 0 spiro atoms. The standard InChI is InChI=1S/C15H22N2S/c1-2-18-12-4-10-17-11-8-14-6-3-5-13(7-9-16)15(14)17/h3,5-6,8,11H,2,4,7,9-10,12,16H2,1H3. The number of nitrogens with two attached hydrogens (primary N) is 1. The van der Waals surface area contributed by atoms with Crippen LogP contribution in [0, 0.1) is 0 Å². The molecular formula is C15H22N2S. The molecule has 18 heavy (non-hydrogen) atoms. The molecule has 0 saturated heterocycles. The molecule has 3 heteroatoms. The van der Waals surface area contributed by atoms with E-state index in [-0.39, 0.29) is 0 Å². The fourth-order valence-corrected chi connectivity index (χ4v) is 2.99. The SMILES string of the molecule is CCSCCCn1ccc2cccc(CCN)c21. The van der Waals surface area contributed by atoms with E-state index in [1.165, 1.54) is 34.4 Å². The summed E-state index contributed by atoms with van der Waals surface area (Å²) in [6.45, 7) is 4.04. The highest BCUT2D eigenvalue weighted by molar-refractivity contribution is 7.99. The summed E-state index contributed by atoms with van der Waals surface area (Å²) in [4.78, 5) is 0. The van der Waals surface area contributed by atoms with Crippen molar-refractivity contribution in [1.82, 2.24) is 4.57 Å². The van der Waals surface area contributed by atoms with Crippen LogP contribution in [0.2, 0.25) is 0 Å². The Morgan fingerprint density at radius 1 is 1.28 bits per heavy atom. The van der Waals surface area contributed by atoms with E-state index in [1.54, 1.807) is 0 Å². The Morgan fingerprint density at radius 2 is 2.17 bits per heavy atom. The van der Waals surface area contributed by atoms with E-state index < -0.39 is 0 Å². The third-order valence-corrected chi connectivity index (χ3v) is 4.16. The molecule has 0 fully saturated rings. The van der Waals surface area contributed by atoms with Gasteiger partial charge in [0.05, 0.1) is 5.52 Å². The largest absolute Gasteiger partial charge is 0.347 e. The predicted octanol–water partition coefficient (Wildman–Crippen LogP) is 3.29. The van der Waals surface area contributed by atoms with Crippen LogP contribution < -0.4 is 5.73 Å². The number of aryl methyl sites for hydroxylation is 1. The first-order chi connectivity index (χ1) is 8.86. The van der Waals surface area contributed by atoms with Gasteiger partial charge in [0, 0.05) is 12.7 Å². The zero-order valence-electron chi connectivity index (χ0n) is 11.1. The number of para-hydroxylation sites is 1. The Bertz CT molecular complexity index is 490. The minimum atomic E-state index is 0.718. The zero-order chi connectivity index (χ0) is 12.8. The second-order valence-corrected chi connectivity index (χ2v) is 5.85. The first kappa shape index (κ1) is 13.5. The average molecular weight is 262 g/mol. The highest BCUT2D eigenvalue weighted by atomic mass is 32.2. The summed E-state index contributed by atoms with van der Waals surface area (Å²) in [6, 6.07) is 8.73. The molecule has 0 atom stereocenters. The van der Waals surface area contributed by atoms with E-state index >= 15 is 0 Å². The number of thioether (sulfide) groups is 1. The molecule has 98 valence electrons. The van der Waals surface area contributed by atoms with Gasteiger partial charge in [0.15, 0.2) is 0 Å². The summed E-state index contributed by atoms with van der Waals surface area (Å²) >= 11 is 2.02. The lowest BCUT2D eigenvalue weighted by Crippen LogP contribution is -2.05. The molecule has 1 aromatic carbocycles. The Hall–Kier alpha value is -0.930. The van der Waals surface area contributed by atoms with Crippen LogP contribution in [-0.4, -0.2) is 22.6 Å². The summed E-state index contributed by atoms with van der Waals surface area (Å²) in [6.07, 6.45) is 4.41. The Kier molecular flexibility index (Phi) is 5.14. The van der Waals surface area contributed by atoms with Gasteiger partial charge in [-0.15, -0.1) is 0 Å². The van der Waals surface area contributed by atoms with Crippen molar-refractivity contribution in [2.24, 2.45) is 5.73 Å². The third-order valence-electron chi connectivity index (χ3n) is 3.18. The number of rotatable bonds is 7. The Morgan fingerprint density at radius 3 is 2.94 bits per heavy atom. The molecule has 1 aromatic heterocycles. The summed E-state index contributed by atoms with van der Waals surface area (Å²) < 4.78 is 2.39. The summed E-state index contributed by atoms with van der Waals surface area (Å²) in [5.74, 6) is 2.46. The van der Waals surface area contributed by atoms with E-state index in [0.29, 0.717) is 0 Å². The van der Waals surface area contributed by atoms with Crippen molar-refractivity contribution in [3.63, 3.8) is 0 Å². The molecule has 1 heterocycles. The van der Waals surface area contributed by atoms with Crippen LogP contribution in [0.1, 0.15) is 18.9 Å². The molecule has 0 aliphatic carbocycles. The second kappa shape index (κ2) is 6.86. The van der Waals surface area contributed by atoms with Crippen LogP contribution in [0.3, 0.4) is 0 Å². The number of aromatic nitrogens is 1. The highest BCUT2D eigenvalue weighted by Crippen LogP contribution is 2.21. The zero-order valence-corrected chi connectivity index (χ0v) is 11.9. The molecule has 0 aliphatic heterocycles. The van der Waals surface area contributed by atoms with Crippen molar-refractivity contribution < 1.29 is 0 Å². The fraction of sp³-hybridized carbons (Fsp3) is 0.467. The number of hydrogen-bond acceptors (Lipinski definition) is 2. The van der Waals surface area contributed by atoms with Crippen molar-refractivity contribution in [3.05, 3.63) is 36.0 Å². The number of nitrogens with zero attached hydrogens (tertiary/aromatic N) is 1. The van der Waals surface area contributed by atoms with Crippen LogP contribution in [0.5, 0.6) is 0 Å². The van der Waals surface area contributed by atoms with E-state index in [0.717, 1.165) is 19.5 Å². The molecule has 0 aliphatic rings. The van der Waals surface area contributed by atoms with Gasteiger partial charge in [-0.3, -0.25) is 0 Å². The van der Waals surface area contributed by atoms with Gasteiger partial charge in [0.1, 0.15) is 0 Å². The van der Waals surface area contributed by atoms with Crippen molar-refractivity contribution in [2.75, 3.05) is 18.1 Å². The highest BCUT2D eigenvalue weighted by Gasteiger charge is 2.05. The predicted molar refractivity (Wildman–Crippen MR) is 82.3 cm³/mol. The van der Waals surface area contributed by atoms with Gasteiger partial charge in [0.2, 0.25) is 0 Å². The maximum atomic E-state index is 5.70.